The van der Waals surface area contributed by atoms with Crippen LogP contribution >= 0.6 is 0 Å². The molecule has 1 aliphatic carbocycles. The molecule has 1 saturated heterocycles. The van der Waals surface area contributed by atoms with Gasteiger partial charge in [0.1, 0.15) is 11.6 Å². The maximum absolute atomic E-state index is 12.5. The Morgan fingerprint density at radius 1 is 1.32 bits per heavy atom. The van der Waals surface area contributed by atoms with Crippen LogP contribution in [0.15, 0.2) is 18.3 Å². The van der Waals surface area contributed by atoms with Crippen molar-refractivity contribution < 1.29 is 9.53 Å². The van der Waals surface area contributed by atoms with Crippen molar-refractivity contribution in [1.82, 2.24) is 9.88 Å². The molecule has 0 spiro atoms. The fourth-order valence-corrected chi connectivity index (χ4v) is 3.35. The molecule has 2 fully saturated rings. The van der Waals surface area contributed by atoms with Crippen LogP contribution in [0.4, 0.5) is 5.82 Å². The van der Waals surface area contributed by atoms with E-state index in [1.54, 1.807) is 13.3 Å². The van der Waals surface area contributed by atoms with Crippen LogP contribution in [0, 0.1) is 5.92 Å². The van der Waals surface area contributed by atoms with E-state index in [0.29, 0.717) is 0 Å². The minimum atomic E-state index is 0.136. The second kappa shape index (κ2) is 6.52. The summed E-state index contributed by atoms with van der Waals surface area (Å²) in [6.07, 6.45) is 4.52. The number of hydrogen-bond donors (Lipinski definition) is 1. The van der Waals surface area contributed by atoms with Gasteiger partial charge in [0.2, 0.25) is 5.91 Å². The first-order chi connectivity index (χ1) is 10.7. The number of rotatable bonds is 3. The van der Waals surface area contributed by atoms with Crippen molar-refractivity contribution in [1.29, 1.82) is 0 Å². The quantitative estimate of drug-likeness (QED) is 0.897. The molecule has 0 aromatic carbocycles. The zero-order valence-electron chi connectivity index (χ0n) is 13.1. The summed E-state index contributed by atoms with van der Waals surface area (Å²) in [5, 5.41) is 0. The number of carbonyl (C=O) groups excluding carboxylic acids is 1. The van der Waals surface area contributed by atoms with Crippen molar-refractivity contribution in [2.75, 3.05) is 38.2 Å². The van der Waals surface area contributed by atoms with Gasteiger partial charge < -0.3 is 20.3 Å². The fourth-order valence-electron chi connectivity index (χ4n) is 3.35. The molecule has 120 valence electrons. The Labute approximate surface area is 131 Å². The van der Waals surface area contributed by atoms with Gasteiger partial charge in [-0.1, -0.05) is 0 Å². The normalized spacial score (nSPS) is 25.4. The minimum Gasteiger partial charge on any atom is -0.497 e. The van der Waals surface area contributed by atoms with E-state index in [4.69, 9.17) is 10.5 Å². The van der Waals surface area contributed by atoms with Crippen LogP contribution in [0.1, 0.15) is 19.3 Å². The molecular weight excluding hydrogens is 280 g/mol. The van der Waals surface area contributed by atoms with Crippen molar-refractivity contribution >= 4 is 11.7 Å². The topological polar surface area (TPSA) is 71.7 Å². The highest BCUT2D eigenvalue weighted by atomic mass is 16.5. The first kappa shape index (κ1) is 15.1. The molecule has 3 rings (SSSR count). The molecular formula is C16H24N4O2. The van der Waals surface area contributed by atoms with E-state index < -0.39 is 0 Å². The molecule has 2 N–H and O–H groups in total. The summed E-state index contributed by atoms with van der Waals surface area (Å²) in [7, 11) is 1.65. The summed E-state index contributed by atoms with van der Waals surface area (Å²) >= 11 is 0. The van der Waals surface area contributed by atoms with E-state index in [0.717, 1.165) is 57.0 Å². The number of aromatic nitrogens is 1. The van der Waals surface area contributed by atoms with Crippen LogP contribution in [-0.2, 0) is 4.79 Å². The standard InChI is InChI=1S/C16H24N4O2/c1-22-14-4-5-18-15(11-14)19-6-8-20(9-7-19)16(21)12-2-3-13(17)10-12/h4-5,11-13H,2-3,6-10,17H2,1H3. The van der Waals surface area contributed by atoms with E-state index in [2.05, 4.69) is 9.88 Å². The van der Waals surface area contributed by atoms with Crippen LogP contribution in [-0.4, -0.2) is 55.1 Å². The largest absolute Gasteiger partial charge is 0.497 e. The molecule has 1 saturated carbocycles. The Kier molecular flexibility index (Phi) is 4.47. The lowest BCUT2D eigenvalue weighted by molar-refractivity contribution is -0.135. The predicted molar refractivity (Wildman–Crippen MR) is 84.9 cm³/mol. The Bertz CT molecular complexity index is 529. The SMILES string of the molecule is COc1ccnc(N2CCN(C(=O)C3CCC(N)C3)CC2)c1. The third kappa shape index (κ3) is 3.16. The molecule has 1 amide bonds. The summed E-state index contributed by atoms with van der Waals surface area (Å²) in [4.78, 5) is 21.1. The average Bonchev–Trinajstić information content (AvgIpc) is 3.01. The van der Waals surface area contributed by atoms with Crippen molar-refractivity contribution in [3.8, 4) is 5.75 Å². The molecule has 1 aromatic rings. The van der Waals surface area contributed by atoms with Gasteiger partial charge in [0.15, 0.2) is 0 Å². The van der Waals surface area contributed by atoms with Gasteiger partial charge in [-0.15, -0.1) is 0 Å². The number of nitrogens with zero attached hydrogens (tertiary/aromatic N) is 3. The van der Waals surface area contributed by atoms with E-state index >= 15 is 0 Å². The Morgan fingerprint density at radius 2 is 2.09 bits per heavy atom. The molecule has 2 atom stereocenters. The van der Waals surface area contributed by atoms with E-state index in [1.165, 1.54) is 0 Å². The highest BCUT2D eigenvalue weighted by molar-refractivity contribution is 5.79. The fraction of sp³-hybridized carbons (Fsp3) is 0.625. The maximum atomic E-state index is 12.5. The molecule has 0 radical (unpaired) electrons. The third-order valence-corrected chi connectivity index (χ3v) is 4.69. The molecule has 6 heteroatoms. The second-order valence-corrected chi connectivity index (χ2v) is 6.14. The Morgan fingerprint density at radius 3 is 2.73 bits per heavy atom. The third-order valence-electron chi connectivity index (χ3n) is 4.69. The monoisotopic (exact) mass is 304 g/mol. The Hall–Kier alpha value is -1.82. The summed E-state index contributed by atoms with van der Waals surface area (Å²) in [6, 6.07) is 3.98. The molecule has 1 aromatic heterocycles. The van der Waals surface area contributed by atoms with E-state index in [9.17, 15) is 4.79 Å². The molecule has 2 unspecified atom stereocenters. The lowest BCUT2D eigenvalue weighted by Gasteiger charge is -2.36. The number of amides is 1. The number of piperazine rings is 1. The number of anilines is 1. The molecule has 0 bridgehead atoms. The maximum Gasteiger partial charge on any atom is 0.225 e. The van der Waals surface area contributed by atoms with Gasteiger partial charge >= 0.3 is 0 Å². The van der Waals surface area contributed by atoms with Crippen LogP contribution in [0.5, 0.6) is 5.75 Å². The number of ether oxygens (including phenoxy) is 1. The first-order valence-corrected chi connectivity index (χ1v) is 7.96. The average molecular weight is 304 g/mol. The lowest BCUT2D eigenvalue weighted by Crippen LogP contribution is -2.50. The summed E-state index contributed by atoms with van der Waals surface area (Å²) < 4.78 is 5.24. The summed E-state index contributed by atoms with van der Waals surface area (Å²) in [5.41, 5.74) is 5.92. The van der Waals surface area contributed by atoms with Gasteiger partial charge in [-0.3, -0.25) is 4.79 Å². The van der Waals surface area contributed by atoms with Gasteiger partial charge in [-0.05, 0) is 25.3 Å². The van der Waals surface area contributed by atoms with Crippen LogP contribution in [0.2, 0.25) is 0 Å². The summed E-state index contributed by atoms with van der Waals surface area (Å²) in [5.74, 6) is 2.14. The summed E-state index contributed by atoms with van der Waals surface area (Å²) in [6.45, 7) is 3.13. The molecule has 2 heterocycles. The van der Waals surface area contributed by atoms with Crippen LogP contribution in [0.3, 0.4) is 0 Å². The molecule has 2 aliphatic rings. The van der Waals surface area contributed by atoms with E-state index in [1.807, 2.05) is 17.0 Å². The van der Waals surface area contributed by atoms with E-state index in [-0.39, 0.29) is 17.9 Å². The van der Waals surface area contributed by atoms with Gasteiger partial charge in [-0.2, -0.15) is 0 Å². The minimum absolute atomic E-state index is 0.136. The smallest absolute Gasteiger partial charge is 0.225 e. The van der Waals surface area contributed by atoms with Crippen molar-refractivity contribution in [2.24, 2.45) is 11.7 Å². The predicted octanol–water partition coefficient (Wildman–Crippen LogP) is 0.866. The number of hydrogen-bond acceptors (Lipinski definition) is 5. The lowest BCUT2D eigenvalue weighted by atomic mass is 10.1. The van der Waals surface area contributed by atoms with Crippen molar-refractivity contribution in [3.05, 3.63) is 18.3 Å². The number of carbonyl (C=O) groups is 1. The van der Waals surface area contributed by atoms with Gasteiger partial charge in [0, 0.05) is 50.4 Å². The number of pyridine rings is 1. The van der Waals surface area contributed by atoms with Crippen molar-refractivity contribution in [2.45, 2.75) is 25.3 Å². The van der Waals surface area contributed by atoms with Crippen LogP contribution in [0.25, 0.3) is 0 Å². The highest BCUT2D eigenvalue weighted by Crippen LogP contribution is 2.27. The zero-order chi connectivity index (χ0) is 15.5. The number of nitrogens with two attached hydrogens (primary N) is 1. The molecule has 22 heavy (non-hydrogen) atoms. The first-order valence-electron chi connectivity index (χ1n) is 7.96. The molecule has 6 nitrogen and oxygen atoms in total. The van der Waals surface area contributed by atoms with Crippen molar-refractivity contribution in [3.63, 3.8) is 0 Å². The van der Waals surface area contributed by atoms with Gasteiger partial charge in [0.05, 0.1) is 7.11 Å². The molecule has 1 aliphatic heterocycles. The second-order valence-electron chi connectivity index (χ2n) is 6.14. The van der Waals surface area contributed by atoms with Crippen LogP contribution < -0.4 is 15.4 Å². The number of methoxy groups -OCH3 is 1. The van der Waals surface area contributed by atoms with Gasteiger partial charge in [0.25, 0.3) is 0 Å². The van der Waals surface area contributed by atoms with Gasteiger partial charge in [-0.25, -0.2) is 4.98 Å². The zero-order valence-corrected chi connectivity index (χ0v) is 13.1. The Balaban J connectivity index is 1.56. The highest BCUT2D eigenvalue weighted by Gasteiger charge is 2.32.